The minimum atomic E-state index is -0.0596. The van der Waals surface area contributed by atoms with Crippen LogP contribution in [0.5, 0.6) is 0 Å². The van der Waals surface area contributed by atoms with Crippen molar-refractivity contribution in [3.05, 3.63) is 52.8 Å². The zero-order valence-corrected chi connectivity index (χ0v) is 16.2. The second-order valence-corrected chi connectivity index (χ2v) is 7.87. The van der Waals surface area contributed by atoms with Crippen LogP contribution in [0.4, 0.5) is 0 Å². The SMILES string of the molecule is Cc1cc(C)n(Cc2cccc(C(=O)N3C[C@H]4CC[C@@H](C3)N(C)C4=O)c2)n1. The molecule has 0 aliphatic carbocycles. The van der Waals surface area contributed by atoms with Gasteiger partial charge in [0.25, 0.3) is 5.91 Å². The third kappa shape index (κ3) is 3.36. The molecule has 1 aromatic heterocycles. The minimum absolute atomic E-state index is 0.0187. The van der Waals surface area contributed by atoms with E-state index in [0.29, 0.717) is 25.2 Å². The lowest BCUT2D eigenvalue weighted by Crippen LogP contribution is -2.45. The molecule has 2 amide bonds. The smallest absolute Gasteiger partial charge is 0.253 e. The van der Waals surface area contributed by atoms with Crippen molar-refractivity contribution < 1.29 is 9.59 Å². The first-order chi connectivity index (χ1) is 12.9. The van der Waals surface area contributed by atoms with Crippen molar-refractivity contribution in [1.82, 2.24) is 19.6 Å². The zero-order chi connectivity index (χ0) is 19.1. The number of carbonyl (C=O) groups excluding carboxylic acids is 2. The van der Waals surface area contributed by atoms with E-state index in [2.05, 4.69) is 11.2 Å². The van der Waals surface area contributed by atoms with Crippen molar-refractivity contribution in [2.45, 2.75) is 39.3 Å². The third-order valence-corrected chi connectivity index (χ3v) is 5.86. The fourth-order valence-electron chi connectivity index (χ4n) is 4.32. The highest BCUT2D eigenvalue weighted by atomic mass is 16.2. The van der Waals surface area contributed by atoms with Crippen molar-refractivity contribution in [2.24, 2.45) is 5.92 Å². The largest absolute Gasteiger partial charge is 0.341 e. The summed E-state index contributed by atoms with van der Waals surface area (Å²) >= 11 is 0. The second-order valence-electron chi connectivity index (χ2n) is 7.87. The monoisotopic (exact) mass is 366 g/mol. The van der Waals surface area contributed by atoms with Crippen LogP contribution < -0.4 is 0 Å². The maximum Gasteiger partial charge on any atom is 0.253 e. The van der Waals surface area contributed by atoms with E-state index in [9.17, 15) is 9.59 Å². The number of carbonyl (C=O) groups is 2. The quantitative estimate of drug-likeness (QED) is 0.837. The van der Waals surface area contributed by atoms with Gasteiger partial charge in [0.2, 0.25) is 5.91 Å². The van der Waals surface area contributed by atoms with Gasteiger partial charge in [-0.2, -0.15) is 5.10 Å². The van der Waals surface area contributed by atoms with E-state index in [-0.39, 0.29) is 23.8 Å². The first-order valence-corrected chi connectivity index (χ1v) is 9.58. The van der Waals surface area contributed by atoms with Gasteiger partial charge in [0.1, 0.15) is 0 Å². The summed E-state index contributed by atoms with van der Waals surface area (Å²) in [6.45, 7) is 5.82. The minimum Gasteiger partial charge on any atom is -0.341 e. The topological polar surface area (TPSA) is 58.4 Å². The van der Waals surface area contributed by atoms with E-state index in [1.54, 1.807) is 0 Å². The zero-order valence-electron chi connectivity index (χ0n) is 16.2. The van der Waals surface area contributed by atoms with E-state index in [1.165, 1.54) is 0 Å². The van der Waals surface area contributed by atoms with Crippen LogP contribution in [0, 0.1) is 19.8 Å². The van der Waals surface area contributed by atoms with Gasteiger partial charge < -0.3 is 9.80 Å². The molecule has 0 N–H and O–H groups in total. The van der Waals surface area contributed by atoms with Crippen molar-refractivity contribution >= 4 is 11.8 Å². The molecule has 27 heavy (non-hydrogen) atoms. The molecule has 3 aliphatic heterocycles. The normalized spacial score (nSPS) is 22.3. The van der Waals surface area contributed by atoms with Crippen LogP contribution in [0.15, 0.2) is 30.3 Å². The molecule has 3 saturated heterocycles. The number of hydrogen-bond donors (Lipinski definition) is 0. The number of aromatic nitrogens is 2. The molecular weight excluding hydrogens is 340 g/mol. The molecule has 4 heterocycles. The molecule has 6 nitrogen and oxygen atoms in total. The van der Waals surface area contributed by atoms with Crippen LogP contribution >= 0.6 is 0 Å². The Kier molecular flexibility index (Phi) is 4.50. The maximum atomic E-state index is 13.1. The molecule has 0 unspecified atom stereocenters. The summed E-state index contributed by atoms with van der Waals surface area (Å²) < 4.78 is 1.96. The lowest BCUT2D eigenvalue weighted by molar-refractivity contribution is -0.138. The van der Waals surface area contributed by atoms with Crippen LogP contribution in [-0.4, -0.2) is 57.6 Å². The van der Waals surface area contributed by atoms with Crippen LogP contribution in [-0.2, 0) is 11.3 Å². The highest BCUT2D eigenvalue weighted by Crippen LogP contribution is 2.28. The Labute approximate surface area is 159 Å². The molecule has 1 aromatic carbocycles. The molecule has 3 fully saturated rings. The van der Waals surface area contributed by atoms with Gasteiger partial charge in [0.15, 0.2) is 0 Å². The Morgan fingerprint density at radius 2 is 2.00 bits per heavy atom. The van der Waals surface area contributed by atoms with Crippen molar-refractivity contribution in [1.29, 1.82) is 0 Å². The molecule has 6 heteroatoms. The van der Waals surface area contributed by atoms with Crippen molar-refractivity contribution in [3.8, 4) is 0 Å². The number of hydrogen-bond acceptors (Lipinski definition) is 3. The lowest BCUT2D eigenvalue weighted by atomic mass is 9.95. The maximum absolute atomic E-state index is 13.1. The Morgan fingerprint density at radius 1 is 1.19 bits per heavy atom. The highest BCUT2D eigenvalue weighted by Gasteiger charge is 2.40. The Morgan fingerprint density at radius 3 is 2.74 bits per heavy atom. The predicted octanol–water partition coefficient (Wildman–Crippen LogP) is 2.24. The molecular formula is C21H26N4O2. The molecule has 2 aromatic rings. The number of benzene rings is 1. The van der Waals surface area contributed by atoms with Crippen LogP contribution in [0.3, 0.4) is 0 Å². The van der Waals surface area contributed by atoms with Crippen LogP contribution in [0.25, 0.3) is 0 Å². The number of rotatable bonds is 3. The van der Waals surface area contributed by atoms with Gasteiger partial charge in [-0.05, 0) is 50.5 Å². The molecule has 142 valence electrons. The van der Waals surface area contributed by atoms with Crippen LogP contribution in [0.2, 0.25) is 0 Å². The Balaban J connectivity index is 1.54. The molecule has 0 saturated carbocycles. The first kappa shape index (κ1) is 17.8. The Hall–Kier alpha value is -2.63. The standard InChI is InChI=1S/C21H26N4O2/c1-14-9-15(2)25(22-14)11-16-5-4-6-17(10-16)21(27)24-12-18-7-8-19(13-24)23(3)20(18)26/h4-6,9-10,18-19H,7-8,11-13H2,1-3H3/t18-,19+/m1/s1. The number of piperidine rings is 1. The molecule has 2 bridgehead atoms. The van der Waals surface area contributed by atoms with Gasteiger partial charge in [0, 0.05) is 37.4 Å². The highest BCUT2D eigenvalue weighted by molar-refractivity contribution is 5.95. The third-order valence-electron chi connectivity index (χ3n) is 5.86. The number of nitrogens with zero attached hydrogens (tertiary/aromatic N) is 4. The first-order valence-electron chi connectivity index (χ1n) is 9.58. The second kappa shape index (κ2) is 6.83. The fourth-order valence-corrected chi connectivity index (χ4v) is 4.32. The summed E-state index contributed by atoms with van der Waals surface area (Å²) in [6.07, 6.45) is 1.87. The summed E-state index contributed by atoms with van der Waals surface area (Å²) in [5, 5.41) is 4.51. The van der Waals surface area contributed by atoms with E-state index < -0.39 is 0 Å². The van der Waals surface area contributed by atoms with Gasteiger partial charge in [-0.15, -0.1) is 0 Å². The number of aryl methyl sites for hydroxylation is 2. The van der Waals surface area contributed by atoms with Gasteiger partial charge in [-0.1, -0.05) is 12.1 Å². The van der Waals surface area contributed by atoms with Crippen molar-refractivity contribution in [2.75, 3.05) is 20.1 Å². The molecule has 5 rings (SSSR count). The fraction of sp³-hybridized carbons (Fsp3) is 0.476. The average molecular weight is 366 g/mol. The van der Waals surface area contributed by atoms with Gasteiger partial charge in [-0.3, -0.25) is 14.3 Å². The lowest BCUT2D eigenvalue weighted by Gasteiger charge is -2.32. The van der Waals surface area contributed by atoms with E-state index >= 15 is 0 Å². The van der Waals surface area contributed by atoms with Gasteiger partial charge in [0.05, 0.1) is 18.2 Å². The molecule has 0 spiro atoms. The van der Waals surface area contributed by atoms with E-state index in [1.807, 2.05) is 59.6 Å². The molecule has 0 radical (unpaired) electrons. The van der Waals surface area contributed by atoms with Crippen molar-refractivity contribution in [3.63, 3.8) is 0 Å². The summed E-state index contributed by atoms with van der Waals surface area (Å²) in [5.41, 5.74) is 3.84. The van der Waals surface area contributed by atoms with Gasteiger partial charge in [-0.25, -0.2) is 0 Å². The number of amides is 2. The van der Waals surface area contributed by atoms with E-state index in [0.717, 1.165) is 29.8 Å². The summed E-state index contributed by atoms with van der Waals surface area (Å²) in [5.74, 6) is 0.139. The van der Waals surface area contributed by atoms with E-state index in [4.69, 9.17) is 0 Å². The van der Waals surface area contributed by atoms with Crippen LogP contribution in [0.1, 0.15) is 40.2 Å². The summed E-state index contributed by atoms with van der Waals surface area (Å²) in [6, 6.07) is 9.96. The molecule has 2 atom stereocenters. The predicted molar refractivity (Wildman–Crippen MR) is 102 cm³/mol. The average Bonchev–Trinajstić information content (AvgIpc) is 2.82. The number of fused-ring (bicyclic) bond motifs is 4. The number of likely N-dealkylation sites (N-methyl/N-ethyl adjacent to an activating group) is 1. The summed E-state index contributed by atoms with van der Waals surface area (Å²) in [7, 11) is 1.86. The Bertz CT molecular complexity index is 888. The summed E-state index contributed by atoms with van der Waals surface area (Å²) in [4.78, 5) is 29.2. The molecule has 3 aliphatic rings. The van der Waals surface area contributed by atoms with Gasteiger partial charge >= 0.3 is 0 Å².